The van der Waals surface area contributed by atoms with Crippen LogP contribution in [-0.4, -0.2) is 54.4 Å². The van der Waals surface area contributed by atoms with Gasteiger partial charge >= 0.3 is 0 Å². The van der Waals surface area contributed by atoms with E-state index >= 15 is 0 Å². The molecule has 5 unspecified atom stereocenters. The largest absolute Gasteiger partial charge is 0.377 e. The van der Waals surface area contributed by atoms with Crippen LogP contribution in [0.5, 0.6) is 0 Å². The molecule has 5 atom stereocenters. The SMILES string of the molecule is CC1(C)C2OCCC2C1(N)C(=O)N1CC2CCC(C1)O2. The number of morpholine rings is 1. The molecule has 3 saturated heterocycles. The van der Waals surface area contributed by atoms with Crippen molar-refractivity contribution in [2.45, 2.75) is 57.0 Å². The highest BCUT2D eigenvalue weighted by molar-refractivity contribution is 5.89. The maximum atomic E-state index is 13.1. The normalized spacial score (nSPS) is 48.9. The molecule has 4 aliphatic rings. The Morgan fingerprint density at radius 1 is 1.20 bits per heavy atom. The van der Waals surface area contributed by atoms with Crippen molar-refractivity contribution in [2.24, 2.45) is 17.1 Å². The van der Waals surface area contributed by atoms with Crippen molar-refractivity contribution < 1.29 is 14.3 Å². The molecule has 4 fully saturated rings. The van der Waals surface area contributed by atoms with E-state index in [1.54, 1.807) is 0 Å². The van der Waals surface area contributed by atoms with Crippen LogP contribution in [0.3, 0.4) is 0 Å². The molecule has 0 aromatic rings. The first-order chi connectivity index (χ1) is 9.44. The number of amides is 1. The average Bonchev–Trinajstić information content (AvgIpc) is 3.03. The lowest BCUT2D eigenvalue weighted by molar-refractivity contribution is -0.189. The van der Waals surface area contributed by atoms with Crippen molar-refractivity contribution in [3.8, 4) is 0 Å². The molecule has 0 aromatic heterocycles. The van der Waals surface area contributed by atoms with Crippen LogP contribution < -0.4 is 5.73 Å². The predicted molar refractivity (Wildman–Crippen MR) is 73.0 cm³/mol. The van der Waals surface area contributed by atoms with Crippen LogP contribution >= 0.6 is 0 Å². The van der Waals surface area contributed by atoms with Crippen LogP contribution in [0, 0.1) is 11.3 Å². The number of ether oxygens (including phenoxy) is 2. The molecular formula is C15H24N2O3. The monoisotopic (exact) mass is 280 g/mol. The summed E-state index contributed by atoms with van der Waals surface area (Å²) < 4.78 is 11.6. The average molecular weight is 280 g/mol. The first kappa shape index (κ1) is 13.0. The van der Waals surface area contributed by atoms with E-state index in [2.05, 4.69) is 13.8 Å². The number of hydrogen-bond donors (Lipinski definition) is 1. The number of nitrogens with two attached hydrogens (primary N) is 1. The highest BCUT2D eigenvalue weighted by Crippen LogP contribution is 2.58. The molecule has 0 spiro atoms. The summed E-state index contributed by atoms with van der Waals surface area (Å²) in [5.74, 6) is 0.306. The van der Waals surface area contributed by atoms with Gasteiger partial charge in [-0.2, -0.15) is 0 Å². The number of hydrogen-bond acceptors (Lipinski definition) is 4. The fourth-order valence-corrected chi connectivity index (χ4v) is 4.86. The molecule has 4 rings (SSSR count). The third-order valence-electron chi connectivity index (χ3n) is 6.14. The fourth-order valence-electron chi connectivity index (χ4n) is 4.86. The third-order valence-corrected chi connectivity index (χ3v) is 6.14. The van der Waals surface area contributed by atoms with E-state index < -0.39 is 5.54 Å². The number of likely N-dealkylation sites (tertiary alicyclic amines) is 1. The molecule has 2 bridgehead atoms. The minimum Gasteiger partial charge on any atom is -0.377 e. The van der Waals surface area contributed by atoms with Gasteiger partial charge in [-0.25, -0.2) is 0 Å². The minimum absolute atomic E-state index is 0.120. The van der Waals surface area contributed by atoms with Crippen molar-refractivity contribution >= 4 is 5.91 Å². The molecule has 3 heterocycles. The van der Waals surface area contributed by atoms with Gasteiger partial charge in [0.05, 0.1) is 18.3 Å². The highest BCUT2D eigenvalue weighted by atomic mass is 16.5. The molecule has 0 radical (unpaired) electrons. The number of carbonyl (C=O) groups excluding carboxylic acids is 1. The van der Waals surface area contributed by atoms with Gasteiger partial charge in [0.15, 0.2) is 0 Å². The molecular weight excluding hydrogens is 256 g/mol. The first-order valence-corrected chi connectivity index (χ1v) is 7.80. The van der Waals surface area contributed by atoms with Crippen LogP contribution in [-0.2, 0) is 14.3 Å². The number of carbonyl (C=O) groups is 1. The quantitative estimate of drug-likeness (QED) is 0.760. The summed E-state index contributed by atoms with van der Waals surface area (Å²) >= 11 is 0. The lowest BCUT2D eigenvalue weighted by Gasteiger charge is -2.62. The van der Waals surface area contributed by atoms with Gasteiger partial charge in [0, 0.05) is 31.0 Å². The zero-order chi connectivity index (χ0) is 14.1. The van der Waals surface area contributed by atoms with E-state index in [-0.39, 0.29) is 35.6 Å². The Morgan fingerprint density at radius 2 is 1.85 bits per heavy atom. The van der Waals surface area contributed by atoms with E-state index in [0.717, 1.165) is 25.9 Å². The zero-order valence-electron chi connectivity index (χ0n) is 12.3. The molecule has 3 aliphatic heterocycles. The molecule has 20 heavy (non-hydrogen) atoms. The van der Waals surface area contributed by atoms with E-state index in [1.165, 1.54) is 0 Å². The summed E-state index contributed by atoms with van der Waals surface area (Å²) in [4.78, 5) is 15.0. The molecule has 1 amide bonds. The van der Waals surface area contributed by atoms with Gasteiger partial charge in [-0.15, -0.1) is 0 Å². The van der Waals surface area contributed by atoms with Crippen LogP contribution in [0.25, 0.3) is 0 Å². The minimum atomic E-state index is -0.759. The Morgan fingerprint density at radius 3 is 2.50 bits per heavy atom. The number of nitrogens with zero attached hydrogens (tertiary/aromatic N) is 1. The smallest absolute Gasteiger partial charge is 0.243 e. The summed E-state index contributed by atoms with van der Waals surface area (Å²) in [6.45, 7) is 6.31. The molecule has 2 N–H and O–H groups in total. The second kappa shape index (κ2) is 3.96. The summed E-state index contributed by atoms with van der Waals surface area (Å²) in [5.41, 5.74) is 5.61. The maximum Gasteiger partial charge on any atom is 0.243 e. The standard InChI is InChI=1S/C15H24N2O3/c1-14(2)12-11(5-6-19-12)15(14,16)13(18)17-7-9-3-4-10(8-17)20-9/h9-12H,3-8,16H2,1-2H3. The Hall–Kier alpha value is -0.650. The summed E-state index contributed by atoms with van der Waals surface area (Å²) in [5, 5.41) is 0. The molecule has 0 aromatic carbocycles. The Bertz CT molecular complexity index is 440. The van der Waals surface area contributed by atoms with Crippen molar-refractivity contribution in [3.63, 3.8) is 0 Å². The van der Waals surface area contributed by atoms with Gasteiger partial charge in [-0.05, 0) is 19.3 Å². The third kappa shape index (κ3) is 1.41. The van der Waals surface area contributed by atoms with Gasteiger partial charge in [0.1, 0.15) is 5.54 Å². The van der Waals surface area contributed by atoms with Crippen LogP contribution in [0.4, 0.5) is 0 Å². The van der Waals surface area contributed by atoms with Gasteiger partial charge in [0.2, 0.25) is 5.91 Å². The van der Waals surface area contributed by atoms with Crippen molar-refractivity contribution in [1.29, 1.82) is 0 Å². The van der Waals surface area contributed by atoms with Gasteiger partial charge in [-0.3, -0.25) is 4.79 Å². The fraction of sp³-hybridized carbons (Fsp3) is 0.933. The van der Waals surface area contributed by atoms with E-state index in [4.69, 9.17) is 15.2 Å². The van der Waals surface area contributed by atoms with E-state index in [1.807, 2.05) is 4.90 Å². The van der Waals surface area contributed by atoms with Crippen LogP contribution in [0.1, 0.15) is 33.1 Å². The molecule has 5 heteroatoms. The summed E-state index contributed by atoms with van der Waals surface area (Å²) in [6.07, 6.45) is 3.65. The lowest BCUT2D eigenvalue weighted by atomic mass is 9.47. The van der Waals surface area contributed by atoms with Gasteiger partial charge in [-0.1, -0.05) is 13.8 Å². The van der Waals surface area contributed by atoms with E-state index in [9.17, 15) is 4.79 Å². The topological polar surface area (TPSA) is 64.8 Å². The van der Waals surface area contributed by atoms with Crippen molar-refractivity contribution in [2.75, 3.05) is 19.7 Å². The molecule has 1 saturated carbocycles. The summed E-state index contributed by atoms with van der Waals surface area (Å²) in [6, 6.07) is 0. The summed E-state index contributed by atoms with van der Waals surface area (Å²) in [7, 11) is 0. The Balaban J connectivity index is 1.58. The zero-order valence-corrected chi connectivity index (χ0v) is 12.3. The Labute approximate surface area is 119 Å². The predicted octanol–water partition coefficient (Wildman–Crippen LogP) is 0.519. The van der Waals surface area contributed by atoms with Gasteiger partial charge in [0.25, 0.3) is 0 Å². The van der Waals surface area contributed by atoms with E-state index in [0.29, 0.717) is 13.1 Å². The van der Waals surface area contributed by atoms with Crippen molar-refractivity contribution in [3.05, 3.63) is 0 Å². The van der Waals surface area contributed by atoms with Crippen LogP contribution in [0.15, 0.2) is 0 Å². The van der Waals surface area contributed by atoms with Crippen LogP contribution in [0.2, 0.25) is 0 Å². The van der Waals surface area contributed by atoms with Crippen molar-refractivity contribution in [1.82, 2.24) is 4.90 Å². The second-order valence-corrected chi connectivity index (χ2v) is 7.44. The van der Waals surface area contributed by atoms with Gasteiger partial charge < -0.3 is 20.1 Å². The molecule has 5 nitrogen and oxygen atoms in total. The first-order valence-electron chi connectivity index (χ1n) is 7.80. The number of fused-ring (bicyclic) bond motifs is 3. The second-order valence-electron chi connectivity index (χ2n) is 7.44. The maximum absolute atomic E-state index is 13.1. The Kier molecular flexibility index (Phi) is 2.58. The molecule has 112 valence electrons. The molecule has 1 aliphatic carbocycles. The lowest BCUT2D eigenvalue weighted by Crippen LogP contribution is -2.80. The highest BCUT2D eigenvalue weighted by Gasteiger charge is 2.72. The number of rotatable bonds is 1.